The molecule has 2 N–H and O–H groups in total. The molecule has 0 aliphatic heterocycles. The topological polar surface area (TPSA) is 75.1 Å². The normalized spacial score (nSPS) is 15.8. The zero-order valence-electron chi connectivity index (χ0n) is 8.32. The van der Waals surface area contributed by atoms with E-state index < -0.39 is 0 Å². The van der Waals surface area contributed by atoms with Gasteiger partial charge in [0, 0.05) is 17.8 Å². The number of aromatic amines is 1. The quantitative estimate of drug-likeness (QED) is 0.739. The average Bonchev–Trinajstić information content (AvgIpc) is 2.91. The Morgan fingerprint density at radius 3 is 3.13 bits per heavy atom. The van der Waals surface area contributed by atoms with Crippen molar-refractivity contribution in [3.8, 4) is 0 Å². The Kier molecular flexibility index (Phi) is 1.59. The van der Waals surface area contributed by atoms with E-state index >= 15 is 0 Å². The first-order chi connectivity index (χ1) is 7.24. The number of hydrogen-bond donors (Lipinski definition) is 2. The van der Waals surface area contributed by atoms with Crippen LogP contribution in [0.3, 0.4) is 0 Å². The predicted molar refractivity (Wildman–Crippen MR) is 55.0 cm³/mol. The second-order valence-corrected chi connectivity index (χ2v) is 3.86. The molecule has 1 saturated carbocycles. The third-order valence-corrected chi connectivity index (χ3v) is 2.44. The fraction of sp³-hybridized carbons (Fsp3) is 0.444. The fourth-order valence-corrected chi connectivity index (χ4v) is 1.55. The Balaban J connectivity index is 2.22. The van der Waals surface area contributed by atoms with E-state index in [1.165, 1.54) is 4.40 Å². The molecule has 6 heteroatoms. The Labute approximate surface area is 85.3 Å². The maximum Gasteiger partial charge on any atom is 0.350 e. The van der Waals surface area contributed by atoms with E-state index in [-0.39, 0.29) is 5.69 Å². The monoisotopic (exact) mass is 205 g/mol. The van der Waals surface area contributed by atoms with Crippen molar-refractivity contribution >= 4 is 11.6 Å². The van der Waals surface area contributed by atoms with E-state index in [1.54, 1.807) is 6.07 Å². The lowest BCUT2D eigenvalue weighted by atomic mass is 10.4. The van der Waals surface area contributed by atoms with Crippen molar-refractivity contribution in [2.24, 2.45) is 0 Å². The lowest BCUT2D eigenvalue weighted by Crippen LogP contribution is -2.17. The Morgan fingerprint density at radius 2 is 2.40 bits per heavy atom. The average molecular weight is 205 g/mol. The number of aromatic nitrogens is 4. The van der Waals surface area contributed by atoms with Crippen molar-refractivity contribution in [2.75, 3.05) is 5.32 Å². The molecule has 15 heavy (non-hydrogen) atoms. The van der Waals surface area contributed by atoms with Crippen LogP contribution in [-0.4, -0.2) is 25.6 Å². The highest BCUT2D eigenvalue weighted by molar-refractivity contribution is 5.46. The Morgan fingerprint density at radius 1 is 1.60 bits per heavy atom. The van der Waals surface area contributed by atoms with Gasteiger partial charge in [0.1, 0.15) is 0 Å². The molecular formula is C9H11N5O. The van der Waals surface area contributed by atoms with E-state index in [2.05, 4.69) is 20.5 Å². The van der Waals surface area contributed by atoms with Crippen molar-refractivity contribution in [1.82, 2.24) is 19.6 Å². The molecule has 1 aliphatic carbocycles. The molecule has 0 unspecified atom stereocenters. The molecule has 1 fully saturated rings. The maximum absolute atomic E-state index is 11.5. The van der Waals surface area contributed by atoms with Crippen molar-refractivity contribution in [3.63, 3.8) is 0 Å². The smallest absolute Gasteiger partial charge is 0.350 e. The fourth-order valence-electron chi connectivity index (χ4n) is 1.55. The molecular weight excluding hydrogens is 194 g/mol. The summed E-state index contributed by atoms with van der Waals surface area (Å²) in [5.74, 6) is 0.589. The van der Waals surface area contributed by atoms with Gasteiger partial charge in [0.2, 0.25) is 5.95 Å². The third kappa shape index (κ3) is 1.38. The summed E-state index contributed by atoms with van der Waals surface area (Å²) in [6.07, 6.45) is 2.29. The first-order valence-electron chi connectivity index (χ1n) is 4.95. The van der Waals surface area contributed by atoms with Gasteiger partial charge in [-0.1, -0.05) is 0 Å². The van der Waals surface area contributed by atoms with Gasteiger partial charge in [-0.15, -0.1) is 0 Å². The van der Waals surface area contributed by atoms with Crippen molar-refractivity contribution < 1.29 is 0 Å². The van der Waals surface area contributed by atoms with Crippen LogP contribution in [0.5, 0.6) is 0 Å². The molecule has 3 rings (SSSR count). The summed E-state index contributed by atoms with van der Waals surface area (Å²) in [7, 11) is 0. The number of fused-ring (bicyclic) bond motifs is 1. The van der Waals surface area contributed by atoms with Gasteiger partial charge in [-0.25, -0.2) is 19.3 Å². The van der Waals surface area contributed by atoms with Gasteiger partial charge in [0.05, 0.1) is 0 Å². The molecule has 2 aromatic rings. The van der Waals surface area contributed by atoms with Crippen LogP contribution in [0.25, 0.3) is 5.65 Å². The SMILES string of the molecule is Cc1cc2n[nH]c(=O)n2c(NC2CC2)n1. The molecule has 0 spiro atoms. The van der Waals surface area contributed by atoms with Gasteiger partial charge >= 0.3 is 5.69 Å². The van der Waals surface area contributed by atoms with E-state index in [0.717, 1.165) is 18.5 Å². The summed E-state index contributed by atoms with van der Waals surface area (Å²) in [6, 6.07) is 2.24. The summed E-state index contributed by atoms with van der Waals surface area (Å²) in [5.41, 5.74) is 1.21. The predicted octanol–water partition coefficient (Wildman–Crippen LogP) is 0.300. The van der Waals surface area contributed by atoms with Crippen LogP contribution in [0.4, 0.5) is 5.95 Å². The number of nitrogens with zero attached hydrogens (tertiary/aromatic N) is 3. The number of aryl methyl sites for hydroxylation is 1. The van der Waals surface area contributed by atoms with Crippen LogP contribution in [0, 0.1) is 6.92 Å². The molecule has 0 saturated heterocycles. The van der Waals surface area contributed by atoms with Gasteiger partial charge in [0.25, 0.3) is 0 Å². The lowest BCUT2D eigenvalue weighted by molar-refractivity contribution is 0.956. The molecule has 6 nitrogen and oxygen atoms in total. The van der Waals surface area contributed by atoms with E-state index in [4.69, 9.17) is 0 Å². The minimum atomic E-state index is -0.249. The van der Waals surface area contributed by atoms with Gasteiger partial charge in [-0.3, -0.25) is 0 Å². The molecule has 0 atom stereocenters. The van der Waals surface area contributed by atoms with Crippen LogP contribution in [-0.2, 0) is 0 Å². The number of nitrogens with one attached hydrogen (secondary N) is 2. The van der Waals surface area contributed by atoms with Gasteiger partial charge < -0.3 is 5.32 Å². The van der Waals surface area contributed by atoms with Gasteiger partial charge in [-0.2, -0.15) is 5.10 Å². The van der Waals surface area contributed by atoms with Crippen LogP contribution in [0.2, 0.25) is 0 Å². The molecule has 0 aromatic carbocycles. The molecule has 0 bridgehead atoms. The molecule has 78 valence electrons. The van der Waals surface area contributed by atoms with Crippen molar-refractivity contribution in [2.45, 2.75) is 25.8 Å². The molecule has 0 amide bonds. The number of anilines is 1. The van der Waals surface area contributed by atoms with Crippen LogP contribution >= 0.6 is 0 Å². The number of rotatable bonds is 2. The van der Waals surface area contributed by atoms with E-state index in [1.807, 2.05) is 6.92 Å². The second kappa shape index (κ2) is 2.82. The molecule has 2 aromatic heterocycles. The summed E-state index contributed by atoms with van der Waals surface area (Å²) < 4.78 is 1.46. The maximum atomic E-state index is 11.5. The standard InChI is InChI=1S/C9H11N5O/c1-5-4-7-12-13-9(15)14(7)8(10-5)11-6-2-3-6/h4,6H,2-3H2,1H3,(H,10,11)(H,13,15). The highest BCUT2D eigenvalue weighted by Gasteiger charge is 2.23. The summed E-state index contributed by atoms with van der Waals surface area (Å²) in [5, 5.41) is 9.55. The van der Waals surface area contributed by atoms with Crippen molar-refractivity contribution in [1.29, 1.82) is 0 Å². The summed E-state index contributed by atoms with van der Waals surface area (Å²) in [6.45, 7) is 1.89. The highest BCUT2D eigenvalue weighted by Crippen LogP contribution is 2.23. The summed E-state index contributed by atoms with van der Waals surface area (Å²) in [4.78, 5) is 15.8. The molecule has 1 aliphatic rings. The second-order valence-electron chi connectivity index (χ2n) is 3.86. The minimum absolute atomic E-state index is 0.249. The largest absolute Gasteiger partial charge is 0.352 e. The first kappa shape index (κ1) is 8.46. The van der Waals surface area contributed by atoms with Crippen LogP contribution < -0.4 is 11.0 Å². The van der Waals surface area contributed by atoms with Crippen LogP contribution in [0.15, 0.2) is 10.9 Å². The molecule has 2 heterocycles. The zero-order chi connectivity index (χ0) is 10.4. The summed E-state index contributed by atoms with van der Waals surface area (Å²) >= 11 is 0. The molecule has 0 radical (unpaired) electrons. The van der Waals surface area contributed by atoms with Gasteiger partial charge in [0.15, 0.2) is 5.65 Å². The lowest BCUT2D eigenvalue weighted by Gasteiger charge is -2.05. The first-order valence-corrected chi connectivity index (χ1v) is 4.95. The Hall–Kier alpha value is -1.85. The number of H-pyrrole nitrogens is 1. The van der Waals surface area contributed by atoms with E-state index in [0.29, 0.717) is 17.6 Å². The highest BCUT2D eigenvalue weighted by atomic mass is 16.1. The van der Waals surface area contributed by atoms with Crippen molar-refractivity contribution in [3.05, 3.63) is 22.2 Å². The van der Waals surface area contributed by atoms with E-state index in [9.17, 15) is 4.79 Å². The number of hydrogen-bond acceptors (Lipinski definition) is 4. The van der Waals surface area contributed by atoms with Gasteiger partial charge in [-0.05, 0) is 19.8 Å². The minimum Gasteiger partial charge on any atom is -0.352 e. The third-order valence-electron chi connectivity index (χ3n) is 2.44. The Bertz CT molecular complexity index is 565. The van der Waals surface area contributed by atoms with Crippen LogP contribution in [0.1, 0.15) is 18.5 Å². The zero-order valence-corrected chi connectivity index (χ0v) is 8.32.